The largest absolute Gasteiger partial charge is 0.444 e. The Morgan fingerprint density at radius 1 is 1.26 bits per heavy atom. The van der Waals surface area contributed by atoms with E-state index in [1.54, 1.807) is 4.90 Å². The monoisotopic (exact) mass is 553 g/mol. The summed E-state index contributed by atoms with van der Waals surface area (Å²) in [6.07, 6.45) is 0.734. The van der Waals surface area contributed by atoms with Gasteiger partial charge in [0.1, 0.15) is 11.3 Å². The first-order chi connectivity index (χ1) is 14.0. The second-order valence-corrected chi connectivity index (χ2v) is 9.84. The number of halogens is 1. The van der Waals surface area contributed by atoms with E-state index < -0.39 is 11.3 Å². The molecule has 2 heterocycles. The van der Waals surface area contributed by atoms with Gasteiger partial charge in [0.2, 0.25) is 0 Å². The minimum atomic E-state index is -0.725. The van der Waals surface area contributed by atoms with Gasteiger partial charge in [-0.1, -0.05) is 6.92 Å². The minimum absolute atomic E-state index is 0. The smallest absolute Gasteiger partial charge is 0.412 e. The summed E-state index contributed by atoms with van der Waals surface area (Å²) < 4.78 is 11.7. The van der Waals surface area contributed by atoms with Crippen LogP contribution >= 0.6 is 24.0 Å². The van der Waals surface area contributed by atoms with Crippen molar-refractivity contribution in [3.63, 3.8) is 0 Å². The Morgan fingerprint density at radius 3 is 2.48 bits per heavy atom. The van der Waals surface area contributed by atoms with Crippen molar-refractivity contribution in [2.75, 3.05) is 39.3 Å². The van der Waals surface area contributed by atoms with E-state index in [2.05, 4.69) is 29.4 Å². The van der Waals surface area contributed by atoms with Crippen LogP contribution in [0.1, 0.15) is 61.8 Å². The Balaban J connectivity index is 0.00000480. The Morgan fingerprint density at radius 2 is 1.94 bits per heavy atom. The molecule has 8 nitrogen and oxygen atoms in total. The van der Waals surface area contributed by atoms with E-state index >= 15 is 0 Å². The highest BCUT2D eigenvalue weighted by Gasteiger charge is 2.49. The Kier molecular flexibility index (Phi) is 10.8. The number of guanidine groups is 1. The molecule has 0 aromatic carbocycles. The van der Waals surface area contributed by atoms with Crippen LogP contribution in [-0.2, 0) is 9.47 Å². The van der Waals surface area contributed by atoms with Gasteiger partial charge in [-0.25, -0.2) is 4.79 Å². The van der Waals surface area contributed by atoms with Crippen LogP contribution in [0.3, 0.4) is 0 Å². The fraction of sp³-hybridized carbons (Fsp3) is 0.909. The van der Waals surface area contributed by atoms with Gasteiger partial charge in [0.05, 0.1) is 12.1 Å². The van der Waals surface area contributed by atoms with Gasteiger partial charge in [-0.2, -0.15) is 0 Å². The van der Waals surface area contributed by atoms with Gasteiger partial charge in [0.25, 0.3) is 0 Å². The summed E-state index contributed by atoms with van der Waals surface area (Å²) in [6, 6.07) is -0.152. The van der Waals surface area contributed by atoms with Crippen molar-refractivity contribution >= 4 is 36.0 Å². The number of rotatable bonds is 6. The predicted molar refractivity (Wildman–Crippen MR) is 136 cm³/mol. The number of ether oxygens (including phenoxy) is 2. The topological polar surface area (TPSA) is 78.4 Å². The van der Waals surface area contributed by atoms with E-state index in [0.29, 0.717) is 12.5 Å². The van der Waals surface area contributed by atoms with Gasteiger partial charge in [0.15, 0.2) is 5.96 Å². The van der Waals surface area contributed by atoms with E-state index in [0.717, 1.165) is 38.7 Å². The van der Waals surface area contributed by atoms with Crippen LogP contribution < -0.4 is 10.6 Å². The molecule has 0 saturated carbocycles. The molecule has 2 aliphatic rings. The lowest BCUT2D eigenvalue weighted by molar-refractivity contribution is -0.0755. The van der Waals surface area contributed by atoms with E-state index in [1.165, 1.54) is 6.42 Å². The van der Waals surface area contributed by atoms with Crippen LogP contribution in [0.5, 0.6) is 0 Å². The number of nitrogens with one attached hydrogen (secondary N) is 2. The summed E-state index contributed by atoms with van der Waals surface area (Å²) in [5, 5.41) is 6.75. The number of likely N-dealkylation sites (tertiary alicyclic amines) is 1. The van der Waals surface area contributed by atoms with Gasteiger partial charge < -0.3 is 25.0 Å². The Bertz CT molecular complexity index is 608. The molecule has 2 saturated heterocycles. The summed E-state index contributed by atoms with van der Waals surface area (Å²) in [4.78, 5) is 21.9. The van der Waals surface area contributed by atoms with Crippen molar-refractivity contribution in [1.82, 2.24) is 20.4 Å². The molecular weight excluding hydrogens is 509 g/mol. The average Bonchev–Trinajstić information content (AvgIpc) is 3.16. The highest BCUT2D eigenvalue weighted by atomic mass is 127. The predicted octanol–water partition coefficient (Wildman–Crippen LogP) is 3.26. The lowest BCUT2D eigenvalue weighted by atomic mass is 10.1. The van der Waals surface area contributed by atoms with Crippen molar-refractivity contribution < 1.29 is 14.3 Å². The highest BCUT2D eigenvalue weighted by molar-refractivity contribution is 14.0. The number of amides is 1. The molecule has 1 amide bonds. The van der Waals surface area contributed by atoms with Gasteiger partial charge >= 0.3 is 6.09 Å². The molecule has 0 aromatic rings. The minimum Gasteiger partial charge on any atom is -0.444 e. The van der Waals surface area contributed by atoms with Gasteiger partial charge in [-0.3, -0.25) is 9.89 Å². The number of hydrogen-bond acceptors (Lipinski definition) is 5. The first-order valence-corrected chi connectivity index (χ1v) is 11.4. The number of hydrogen-bond donors (Lipinski definition) is 2. The van der Waals surface area contributed by atoms with Crippen molar-refractivity contribution in [2.45, 2.75) is 85.3 Å². The quantitative estimate of drug-likeness (QED) is 0.299. The molecule has 0 aliphatic carbocycles. The highest BCUT2D eigenvalue weighted by Crippen LogP contribution is 2.33. The Hall–Kier alpha value is -0.810. The van der Waals surface area contributed by atoms with Crippen LogP contribution in [0.15, 0.2) is 4.99 Å². The zero-order valence-electron chi connectivity index (χ0n) is 20.7. The molecule has 0 spiro atoms. The summed E-state index contributed by atoms with van der Waals surface area (Å²) >= 11 is 0. The third kappa shape index (κ3) is 8.24. The molecule has 2 fully saturated rings. The van der Waals surface area contributed by atoms with Gasteiger partial charge in [-0.15, -0.1) is 24.0 Å². The number of carbonyl (C=O) groups is 1. The van der Waals surface area contributed by atoms with Gasteiger partial charge in [0, 0.05) is 26.2 Å². The maximum Gasteiger partial charge on any atom is 0.412 e. The molecule has 2 N–H and O–H groups in total. The fourth-order valence-electron chi connectivity index (χ4n) is 4.24. The van der Waals surface area contributed by atoms with Crippen molar-refractivity contribution in [3.8, 4) is 0 Å². The fourth-order valence-corrected chi connectivity index (χ4v) is 4.24. The SMILES string of the molecule is CCNC(=NCC1CCN(CC)C1)NCC1C(C)OC(C)(C)N1C(=O)OC(C)(C)C.I. The molecule has 182 valence electrons. The average molecular weight is 554 g/mol. The number of aliphatic imine (C=N–C) groups is 1. The zero-order valence-corrected chi connectivity index (χ0v) is 23.0. The first kappa shape index (κ1) is 28.2. The molecule has 3 unspecified atom stereocenters. The van der Waals surface area contributed by atoms with Crippen LogP contribution in [0.2, 0.25) is 0 Å². The third-order valence-corrected chi connectivity index (χ3v) is 5.67. The van der Waals surface area contributed by atoms with Crippen molar-refractivity contribution in [1.29, 1.82) is 0 Å². The molecule has 2 rings (SSSR count). The zero-order chi connectivity index (χ0) is 22.5. The summed E-state index contributed by atoms with van der Waals surface area (Å²) in [5.41, 5.74) is -1.28. The maximum atomic E-state index is 12.9. The molecule has 2 aliphatic heterocycles. The van der Waals surface area contributed by atoms with Crippen LogP contribution in [0, 0.1) is 5.92 Å². The summed E-state index contributed by atoms with van der Waals surface area (Å²) in [6.45, 7) is 21.3. The first-order valence-electron chi connectivity index (χ1n) is 11.4. The van der Waals surface area contributed by atoms with E-state index in [9.17, 15) is 4.79 Å². The van der Waals surface area contributed by atoms with Crippen LogP contribution in [0.25, 0.3) is 0 Å². The van der Waals surface area contributed by atoms with Crippen molar-refractivity contribution in [3.05, 3.63) is 0 Å². The Labute approximate surface area is 205 Å². The molecule has 0 bridgehead atoms. The summed E-state index contributed by atoms with van der Waals surface area (Å²) in [7, 11) is 0. The number of carbonyl (C=O) groups excluding carboxylic acids is 1. The molecule has 3 atom stereocenters. The lowest BCUT2D eigenvalue weighted by Crippen LogP contribution is -2.54. The number of nitrogens with zero attached hydrogens (tertiary/aromatic N) is 3. The van der Waals surface area contributed by atoms with E-state index in [4.69, 9.17) is 14.5 Å². The third-order valence-electron chi connectivity index (χ3n) is 5.67. The molecular formula is C22H44IN5O3. The van der Waals surface area contributed by atoms with Crippen LogP contribution in [0.4, 0.5) is 4.79 Å². The molecule has 9 heteroatoms. The maximum absolute atomic E-state index is 12.9. The molecule has 0 aromatic heterocycles. The lowest BCUT2D eigenvalue weighted by Gasteiger charge is -2.35. The standard InChI is InChI=1S/C22H43N5O3.HI/c1-9-23-19(24-13-17-11-12-26(10-2)15-17)25-14-18-16(3)29-22(7,8)27(18)20(28)30-21(4,5)6;/h16-18H,9-15H2,1-8H3,(H2,23,24,25);1H. The second kappa shape index (κ2) is 11.9. The van der Waals surface area contributed by atoms with E-state index in [-0.39, 0.29) is 42.2 Å². The second-order valence-electron chi connectivity index (χ2n) is 9.84. The summed E-state index contributed by atoms with van der Waals surface area (Å²) in [5.74, 6) is 1.39. The molecule has 31 heavy (non-hydrogen) atoms. The normalized spacial score (nSPS) is 26.5. The van der Waals surface area contributed by atoms with Crippen molar-refractivity contribution in [2.24, 2.45) is 10.9 Å². The van der Waals surface area contributed by atoms with E-state index in [1.807, 2.05) is 41.5 Å². The van der Waals surface area contributed by atoms with Gasteiger partial charge in [-0.05, 0) is 73.9 Å². The molecule has 0 radical (unpaired) electrons. The van der Waals surface area contributed by atoms with Crippen LogP contribution in [-0.4, -0.2) is 84.6 Å².